The summed E-state index contributed by atoms with van der Waals surface area (Å²) in [6.07, 6.45) is 18.7. The number of piperidine rings is 2. The van der Waals surface area contributed by atoms with Crippen LogP contribution in [0.25, 0.3) is 43.3 Å². The molecule has 8 amide bonds. The number of carbonyl (C=O) groups excluding carboxylic acids is 4. The first-order chi connectivity index (χ1) is 57.8. The molecule has 1 aromatic carbocycles. The molecule has 0 radical (unpaired) electrons. The Morgan fingerprint density at radius 2 is 0.992 bits per heavy atom. The van der Waals surface area contributed by atoms with E-state index >= 15 is 0 Å². The SMILES string of the molecule is Cc1cc(-c2ccc3c(n2)N(C(=O)Nc2cnccn2)[C@H]2CCN3C2)cnn1.Cc1ccc(-c2ccc3c(n2)N(C(=O)Nc2nc4ccc(F)cc4s2)[C@H]2CCN3C2)cn1.Cc1ncc(-c2ccc3c(n2)N(C(=O)Nc2cnccn2)[C@H]2CCN3C2)s1.O=C(Nc1cccnc1)N1c2nc(N3CCC[C@H](C(F)(F)F)C3)ccc2N2CCC[C@H]1C2. The molecule has 5 atom stereocenters. The molecule has 5 saturated heterocycles. The number of amides is 8. The summed E-state index contributed by atoms with van der Waals surface area (Å²) in [5, 5.41) is 20.9. The van der Waals surface area contributed by atoms with Gasteiger partial charge in [0.05, 0.1) is 126 Å². The molecule has 0 unspecified atom stereocenters. The molecule has 9 aliphatic heterocycles. The Kier molecular flexibility index (Phi) is 21.1. The van der Waals surface area contributed by atoms with E-state index in [0.717, 1.165) is 150 Å². The second-order valence-corrected chi connectivity index (χ2v) is 32.4. The number of alkyl halides is 3. The molecule has 119 heavy (non-hydrogen) atoms. The molecular formula is C82H79F4N27O4S2. The molecule has 11 aromatic heterocycles. The summed E-state index contributed by atoms with van der Waals surface area (Å²) in [6, 6.07) is 28.6. The van der Waals surface area contributed by atoms with Gasteiger partial charge in [-0.05, 0) is 163 Å². The highest BCUT2D eigenvalue weighted by Gasteiger charge is 2.46. The normalized spacial score (nSPS) is 18.9. The number of nitrogens with one attached hydrogen (secondary N) is 4. The first-order valence-electron chi connectivity index (χ1n) is 39.2. The number of pyridine rings is 6. The lowest BCUT2D eigenvalue weighted by atomic mass is 9.97. The van der Waals surface area contributed by atoms with Crippen LogP contribution in [0.1, 0.15) is 61.3 Å². The van der Waals surface area contributed by atoms with Gasteiger partial charge in [0, 0.05) is 126 Å². The highest BCUT2D eigenvalue weighted by molar-refractivity contribution is 7.22. The summed E-state index contributed by atoms with van der Waals surface area (Å²) in [6.45, 7) is 12.9. The minimum absolute atomic E-state index is 0.0354. The van der Waals surface area contributed by atoms with Gasteiger partial charge in [0.25, 0.3) is 0 Å². The third-order valence-corrected chi connectivity index (χ3v) is 24.2. The molecule has 8 bridgehead atoms. The number of fused-ring (bicyclic) bond motifs is 17. The van der Waals surface area contributed by atoms with Crippen molar-refractivity contribution < 1.29 is 36.7 Å². The summed E-state index contributed by atoms with van der Waals surface area (Å²) < 4.78 is 54.2. The van der Waals surface area contributed by atoms with Crippen LogP contribution in [-0.4, -0.2) is 190 Å². The molecule has 12 aromatic rings. The van der Waals surface area contributed by atoms with Crippen molar-refractivity contribution in [3.63, 3.8) is 0 Å². The van der Waals surface area contributed by atoms with E-state index in [1.54, 1.807) is 110 Å². The maximum Gasteiger partial charge on any atom is 0.393 e. The number of thiazole rings is 2. The van der Waals surface area contributed by atoms with E-state index < -0.39 is 12.1 Å². The van der Waals surface area contributed by atoms with Crippen LogP contribution in [0.2, 0.25) is 0 Å². The van der Waals surface area contributed by atoms with Crippen molar-refractivity contribution >= 4 is 131 Å². The van der Waals surface area contributed by atoms with Crippen LogP contribution >= 0.6 is 22.7 Å². The Hall–Kier alpha value is -13.3. The van der Waals surface area contributed by atoms with Gasteiger partial charge in [-0.2, -0.15) is 23.4 Å². The van der Waals surface area contributed by atoms with E-state index in [4.69, 9.17) is 19.9 Å². The second-order valence-electron chi connectivity index (χ2n) is 30.1. The Morgan fingerprint density at radius 1 is 0.445 bits per heavy atom. The minimum Gasteiger partial charge on any atom is -0.366 e. The van der Waals surface area contributed by atoms with Crippen molar-refractivity contribution in [3.05, 3.63) is 187 Å². The molecule has 5 fully saturated rings. The standard InChI is InChI=1S/C23H19FN6OS.C22H25F3N6O.C19H18N8O.C18H17N7OS/c1-13-2-3-14(11-25-13)17-6-7-19-21(26-17)30(16-8-9-29(19)12-16)23(31)28-22-27-18-5-4-15(24)10-20(18)32-22;23-22(24,25)15-4-2-11-30(13-15)19-8-7-18-20(28-19)31(17-6-3-10-29(18)14-17)21(32)27-16-5-1-9-26-12-16;1-12-8-13(9-22-25-12)15-2-3-16-18(23-15)27(14-4-7-26(16)11-14)19(28)24-17-10-20-5-6-21-17;1-11-21-8-15(27-11)13-2-3-14-17(22-13)25(12-4-7-24(14)10-12)18(26)23-16-9-19-5-6-20-16/h2-7,10-11,16H,8-9,12H2,1H3,(H,27,28,31);1,5,7-9,12,15,17H,2-4,6,10-11,13-14H2,(H,27,32);2-3,5-6,8-10,14H,4,7,11H2,1H3,(H,21,24,28);2-3,5-6,8-9,12H,4,7,10H2,1H3,(H,20,23,26)/t16-;15-,17-;14-;12-/m0000/s1. The zero-order chi connectivity index (χ0) is 81.6. The van der Waals surface area contributed by atoms with Crippen LogP contribution in [0, 0.1) is 32.5 Å². The summed E-state index contributed by atoms with van der Waals surface area (Å²) in [5.41, 5.74) is 10.9. The molecule has 606 valence electrons. The van der Waals surface area contributed by atoms with E-state index in [0.29, 0.717) is 81.3 Å². The molecule has 20 heterocycles. The van der Waals surface area contributed by atoms with Crippen LogP contribution < -0.4 is 65.4 Å². The van der Waals surface area contributed by atoms with Gasteiger partial charge in [-0.15, -0.1) is 11.3 Å². The summed E-state index contributed by atoms with van der Waals surface area (Å²) >= 11 is 2.85. The average Bonchev–Trinajstić information content (AvgIpc) is 1.75. The predicted molar refractivity (Wildman–Crippen MR) is 448 cm³/mol. The third kappa shape index (κ3) is 16.1. The molecule has 0 saturated carbocycles. The fourth-order valence-corrected chi connectivity index (χ4v) is 18.3. The Morgan fingerprint density at radius 3 is 1.55 bits per heavy atom. The molecular weight excluding hydrogens is 1570 g/mol. The number of aromatic nitrogens is 14. The minimum atomic E-state index is -4.22. The van der Waals surface area contributed by atoms with Crippen molar-refractivity contribution in [3.8, 4) is 33.1 Å². The lowest BCUT2D eigenvalue weighted by Crippen LogP contribution is -2.56. The second kappa shape index (κ2) is 32.6. The average molecular weight is 1650 g/mol. The van der Waals surface area contributed by atoms with Gasteiger partial charge in [0.1, 0.15) is 11.6 Å². The fourth-order valence-electron chi connectivity index (χ4n) is 16.7. The fraction of sp³-hybridized carbons (Fsp3) is 0.317. The van der Waals surface area contributed by atoms with Crippen molar-refractivity contribution in [2.24, 2.45) is 5.92 Å². The number of aryl methyl sites for hydroxylation is 3. The molecule has 21 rings (SSSR count). The van der Waals surface area contributed by atoms with Crippen LogP contribution in [0.5, 0.6) is 0 Å². The first kappa shape index (κ1) is 76.9. The molecule has 9 aliphatic rings. The monoisotopic (exact) mass is 1650 g/mol. The topological polar surface area (TPSA) is 326 Å². The van der Waals surface area contributed by atoms with Gasteiger partial charge in [0.15, 0.2) is 40.0 Å². The van der Waals surface area contributed by atoms with Gasteiger partial charge in [0.2, 0.25) is 0 Å². The molecule has 37 heteroatoms. The molecule has 0 spiro atoms. The van der Waals surface area contributed by atoms with Crippen molar-refractivity contribution in [2.75, 3.05) is 131 Å². The number of hydrogen-bond donors (Lipinski definition) is 4. The first-order valence-corrected chi connectivity index (χ1v) is 40.9. The highest BCUT2D eigenvalue weighted by Crippen LogP contribution is 2.46. The lowest BCUT2D eigenvalue weighted by molar-refractivity contribution is -0.176. The van der Waals surface area contributed by atoms with E-state index in [2.05, 4.69) is 97.0 Å². The number of anilines is 13. The van der Waals surface area contributed by atoms with E-state index in [1.807, 2.05) is 81.6 Å². The maximum absolute atomic E-state index is 13.5. The zero-order valence-corrected chi connectivity index (χ0v) is 66.4. The number of nitrogens with zero attached hydrogens (tertiary/aromatic N) is 23. The van der Waals surface area contributed by atoms with Gasteiger partial charge in [-0.3, -0.25) is 55.5 Å². The number of urea groups is 4. The maximum atomic E-state index is 13.5. The largest absolute Gasteiger partial charge is 0.393 e. The van der Waals surface area contributed by atoms with Crippen molar-refractivity contribution in [1.29, 1.82) is 0 Å². The number of benzene rings is 1. The quantitative estimate of drug-likeness (QED) is 0.103. The van der Waals surface area contributed by atoms with Crippen molar-refractivity contribution in [2.45, 2.75) is 96.1 Å². The lowest BCUT2D eigenvalue weighted by Gasteiger charge is -2.46. The Labute approximate surface area is 687 Å². The summed E-state index contributed by atoms with van der Waals surface area (Å²) in [4.78, 5) is 124. The predicted octanol–water partition coefficient (Wildman–Crippen LogP) is 14.3. The third-order valence-electron chi connectivity index (χ3n) is 22.3. The Bertz CT molecular complexity index is 5790. The highest BCUT2D eigenvalue weighted by atomic mass is 32.1. The number of carbonyl (C=O) groups is 4. The number of rotatable bonds is 8. The van der Waals surface area contributed by atoms with E-state index in [1.165, 1.54) is 35.9 Å². The number of hydrogen-bond acceptors (Lipinski definition) is 25. The van der Waals surface area contributed by atoms with Gasteiger partial charge in [-0.1, -0.05) is 11.3 Å². The number of halogens is 4. The summed E-state index contributed by atoms with van der Waals surface area (Å²) in [5.74, 6) is 2.14. The van der Waals surface area contributed by atoms with Gasteiger partial charge < -0.3 is 29.8 Å². The molecule has 0 aliphatic carbocycles. The molecule has 31 nitrogen and oxygen atoms in total. The van der Waals surface area contributed by atoms with Crippen LogP contribution in [0.15, 0.2) is 165 Å². The van der Waals surface area contributed by atoms with Gasteiger partial charge >= 0.3 is 30.3 Å². The molecule has 4 N–H and O–H groups in total. The van der Waals surface area contributed by atoms with Gasteiger partial charge in [-0.25, -0.2) is 63.4 Å². The van der Waals surface area contributed by atoms with Crippen LogP contribution in [0.3, 0.4) is 0 Å². The summed E-state index contributed by atoms with van der Waals surface area (Å²) in [7, 11) is 0. The van der Waals surface area contributed by atoms with Crippen LogP contribution in [-0.2, 0) is 0 Å². The zero-order valence-electron chi connectivity index (χ0n) is 64.7. The van der Waals surface area contributed by atoms with E-state index in [9.17, 15) is 36.7 Å². The van der Waals surface area contributed by atoms with Crippen molar-refractivity contribution in [1.82, 2.24) is 70.0 Å². The van der Waals surface area contributed by atoms with Crippen LogP contribution in [0.4, 0.5) is 111 Å². The van der Waals surface area contributed by atoms with E-state index in [-0.39, 0.29) is 67.1 Å². The smallest absolute Gasteiger partial charge is 0.366 e. The Balaban J connectivity index is 0.000000109.